The molecule has 8 heteroatoms. The molecule has 0 saturated heterocycles. The van der Waals surface area contributed by atoms with Gasteiger partial charge in [0.2, 0.25) is 5.16 Å². The quantitative estimate of drug-likeness (QED) is 0.389. The molecule has 0 aliphatic carbocycles. The third kappa shape index (κ3) is 5.72. The number of hydrogen-bond acceptors (Lipinski definition) is 6. The fourth-order valence-electron chi connectivity index (χ4n) is 2.61. The number of ether oxygens (including phenoxy) is 1. The van der Waals surface area contributed by atoms with Crippen molar-refractivity contribution in [2.75, 3.05) is 0 Å². The molecule has 0 unspecified atom stereocenters. The molecule has 0 aliphatic rings. The number of para-hydroxylation sites is 1. The summed E-state index contributed by atoms with van der Waals surface area (Å²) in [4.78, 5) is 16.2. The van der Waals surface area contributed by atoms with Gasteiger partial charge in [0.25, 0.3) is 0 Å². The summed E-state index contributed by atoms with van der Waals surface area (Å²) in [6.07, 6.45) is 3.23. The first kappa shape index (κ1) is 21.1. The monoisotopic (exact) mass is 420 g/mol. The summed E-state index contributed by atoms with van der Waals surface area (Å²) >= 11 is 0.988. The number of nitrogens with zero attached hydrogens (tertiary/aromatic N) is 3. The maximum Gasteiger partial charge on any atom is 0.342 e. The molecule has 0 spiro atoms. The van der Waals surface area contributed by atoms with Crippen molar-refractivity contribution in [3.8, 4) is 11.8 Å². The number of benzene rings is 2. The van der Waals surface area contributed by atoms with Gasteiger partial charge in [-0.25, -0.2) is 9.78 Å². The Kier molecular flexibility index (Phi) is 7.24. The Morgan fingerprint density at radius 2 is 2.03 bits per heavy atom. The summed E-state index contributed by atoms with van der Waals surface area (Å²) in [7, 11) is 0. The fraction of sp³-hybridized carbons (Fsp3) is 0.182. The molecule has 0 amide bonds. The first-order valence-corrected chi connectivity index (χ1v) is 10.2. The van der Waals surface area contributed by atoms with Crippen LogP contribution in [0.2, 0.25) is 0 Å². The molecule has 0 atom stereocenters. The van der Waals surface area contributed by atoms with E-state index in [1.54, 1.807) is 30.3 Å². The topological polar surface area (TPSA) is 112 Å². The predicted octanol–water partition coefficient (Wildman–Crippen LogP) is 4.43. The lowest BCUT2D eigenvalue weighted by Crippen LogP contribution is -2.00. The molecule has 0 saturated carbocycles. The highest BCUT2D eigenvalue weighted by Crippen LogP contribution is 2.29. The average Bonchev–Trinajstić information content (AvgIpc) is 3.20. The Bertz CT molecular complexity index is 1080. The number of carboxylic acids is 1. The lowest BCUT2D eigenvalue weighted by molar-refractivity contribution is -0.131. The third-order valence-electron chi connectivity index (χ3n) is 4.09. The Labute approximate surface area is 178 Å². The van der Waals surface area contributed by atoms with Gasteiger partial charge in [0.1, 0.15) is 23.1 Å². The number of aryl methyl sites for hydroxylation is 1. The number of aromatic nitrogens is 3. The Morgan fingerprint density at radius 3 is 2.73 bits per heavy atom. The van der Waals surface area contributed by atoms with Crippen LogP contribution in [-0.2, 0) is 17.8 Å². The second-order valence-corrected chi connectivity index (χ2v) is 7.37. The van der Waals surface area contributed by atoms with Crippen molar-refractivity contribution in [3.63, 3.8) is 0 Å². The van der Waals surface area contributed by atoms with Crippen molar-refractivity contribution in [1.82, 2.24) is 15.2 Å². The van der Waals surface area contributed by atoms with Crippen molar-refractivity contribution in [2.24, 2.45) is 0 Å². The van der Waals surface area contributed by atoms with Crippen molar-refractivity contribution in [1.29, 1.82) is 5.26 Å². The number of rotatable bonds is 9. The Balaban J connectivity index is 1.77. The molecule has 1 aromatic heterocycles. The number of nitriles is 1. The van der Waals surface area contributed by atoms with E-state index < -0.39 is 5.97 Å². The molecule has 1 heterocycles. The molecule has 3 aromatic rings. The smallest absolute Gasteiger partial charge is 0.342 e. The summed E-state index contributed by atoms with van der Waals surface area (Å²) in [5.74, 6) is 0.225. The van der Waals surface area contributed by atoms with Crippen molar-refractivity contribution in [2.45, 2.75) is 31.5 Å². The summed E-state index contributed by atoms with van der Waals surface area (Å²) in [5.41, 5.74) is 2.13. The molecule has 0 aliphatic heterocycles. The van der Waals surface area contributed by atoms with E-state index in [-0.39, 0.29) is 4.91 Å². The van der Waals surface area contributed by atoms with E-state index in [2.05, 4.69) is 21.3 Å². The van der Waals surface area contributed by atoms with Crippen LogP contribution in [0.5, 0.6) is 5.75 Å². The largest absolute Gasteiger partial charge is 0.488 e. The minimum atomic E-state index is -1.07. The van der Waals surface area contributed by atoms with Crippen molar-refractivity contribution >= 4 is 23.8 Å². The van der Waals surface area contributed by atoms with Crippen LogP contribution in [0.4, 0.5) is 0 Å². The highest BCUT2D eigenvalue weighted by atomic mass is 32.2. The zero-order valence-electron chi connectivity index (χ0n) is 16.3. The molecule has 7 nitrogen and oxygen atoms in total. The van der Waals surface area contributed by atoms with Gasteiger partial charge in [0, 0.05) is 12.0 Å². The SMILES string of the molecule is CCCc1nc(S/C(=C\c2ccccc2OCc2ccc(C#N)cc2)C(=O)O)n[nH]1. The lowest BCUT2D eigenvalue weighted by Gasteiger charge is -2.10. The van der Waals surface area contributed by atoms with Gasteiger partial charge >= 0.3 is 5.97 Å². The molecule has 0 radical (unpaired) electrons. The summed E-state index contributed by atoms with van der Waals surface area (Å²) < 4.78 is 5.90. The van der Waals surface area contributed by atoms with Gasteiger partial charge in [-0.2, -0.15) is 5.26 Å². The van der Waals surface area contributed by atoms with Crippen LogP contribution >= 0.6 is 11.8 Å². The van der Waals surface area contributed by atoms with Gasteiger partial charge in [-0.1, -0.05) is 37.3 Å². The van der Waals surface area contributed by atoms with Gasteiger partial charge in [0.05, 0.1) is 11.6 Å². The number of aliphatic carboxylic acids is 1. The molecule has 3 rings (SSSR count). The third-order valence-corrected chi connectivity index (χ3v) is 4.97. The van der Waals surface area contributed by atoms with Gasteiger partial charge in [0.15, 0.2) is 0 Å². The number of nitrogens with one attached hydrogen (secondary N) is 1. The molecule has 0 bridgehead atoms. The number of carboxylic acid groups (broad SMARTS) is 1. The second-order valence-electron chi connectivity index (χ2n) is 6.37. The minimum absolute atomic E-state index is 0.0893. The summed E-state index contributed by atoms with van der Waals surface area (Å²) in [5, 5.41) is 25.8. The predicted molar refractivity (Wildman–Crippen MR) is 114 cm³/mol. The fourth-order valence-corrected chi connectivity index (χ4v) is 3.33. The van der Waals surface area contributed by atoms with Crippen LogP contribution in [0.25, 0.3) is 6.08 Å². The molecule has 0 fully saturated rings. The number of H-pyrrole nitrogens is 1. The summed E-state index contributed by atoms with van der Waals surface area (Å²) in [6.45, 7) is 2.33. The molecule has 2 aromatic carbocycles. The van der Waals surface area contributed by atoms with E-state index >= 15 is 0 Å². The van der Waals surface area contributed by atoms with Crippen LogP contribution < -0.4 is 4.74 Å². The van der Waals surface area contributed by atoms with Crippen LogP contribution in [-0.4, -0.2) is 26.3 Å². The Morgan fingerprint density at radius 1 is 1.27 bits per heavy atom. The highest BCUT2D eigenvalue weighted by Gasteiger charge is 2.15. The van der Waals surface area contributed by atoms with E-state index in [9.17, 15) is 9.90 Å². The number of carbonyl (C=O) groups is 1. The molecule has 152 valence electrons. The number of hydrogen-bond donors (Lipinski definition) is 2. The van der Waals surface area contributed by atoms with Crippen molar-refractivity contribution < 1.29 is 14.6 Å². The second kappa shape index (κ2) is 10.3. The lowest BCUT2D eigenvalue weighted by atomic mass is 10.1. The van der Waals surface area contributed by atoms with E-state index in [1.807, 2.05) is 31.2 Å². The van der Waals surface area contributed by atoms with Crippen LogP contribution in [0.1, 0.15) is 35.9 Å². The van der Waals surface area contributed by atoms with E-state index in [4.69, 9.17) is 10.00 Å². The van der Waals surface area contributed by atoms with E-state index in [1.165, 1.54) is 0 Å². The summed E-state index contributed by atoms with van der Waals surface area (Å²) in [6, 6.07) is 16.4. The first-order valence-electron chi connectivity index (χ1n) is 9.34. The minimum Gasteiger partial charge on any atom is -0.488 e. The Hall–Kier alpha value is -3.57. The van der Waals surface area contributed by atoms with Gasteiger partial charge < -0.3 is 9.84 Å². The van der Waals surface area contributed by atoms with Crippen molar-refractivity contribution in [3.05, 3.63) is 76.0 Å². The van der Waals surface area contributed by atoms with Crippen LogP contribution in [0.15, 0.2) is 58.6 Å². The average molecular weight is 420 g/mol. The molecule has 2 N–H and O–H groups in total. The first-order chi connectivity index (χ1) is 14.6. The molecular formula is C22H20N4O3S. The van der Waals surface area contributed by atoms with Crippen LogP contribution in [0.3, 0.4) is 0 Å². The van der Waals surface area contributed by atoms with Gasteiger partial charge in [-0.15, -0.1) is 5.10 Å². The highest BCUT2D eigenvalue weighted by molar-refractivity contribution is 8.04. The zero-order chi connectivity index (χ0) is 21.3. The van der Waals surface area contributed by atoms with Crippen LogP contribution in [0, 0.1) is 11.3 Å². The zero-order valence-corrected chi connectivity index (χ0v) is 17.1. The molecular weight excluding hydrogens is 400 g/mol. The standard InChI is InChI=1S/C22H20N4O3S/c1-2-5-20-24-22(26-25-20)30-19(21(27)28)12-17-6-3-4-7-18(17)29-14-16-10-8-15(13-23)9-11-16/h3-4,6-12H,2,5,14H2,1H3,(H,27,28)(H,24,25,26)/b19-12-. The molecule has 30 heavy (non-hydrogen) atoms. The van der Waals surface area contributed by atoms with E-state index in [0.717, 1.165) is 36.0 Å². The normalized spacial score (nSPS) is 11.1. The maximum absolute atomic E-state index is 11.8. The number of thioether (sulfide) groups is 1. The number of aromatic amines is 1. The van der Waals surface area contributed by atoms with E-state index in [0.29, 0.717) is 28.6 Å². The van der Waals surface area contributed by atoms with Gasteiger partial charge in [-0.3, -0.25) is 5.10 Å². The van der Waals surface area contributed by atoms with Gasteiger partial charge in [-0.05, 0) is 48.0 Å². The maximum atomic E-state index is 11.8.